The SMILES string of the molecule is CC(NC(=O)c1n[nH]c2ccccc12)C(=O)NCc1ccco1. The van der Waals surface area contributed by atoms with Gasteiger partial charge in [0.15, 0.2) is 5.69 Å². The zero-order valence-corrected chi connectivity index (χ0v) is 12.5. The highest BCUT2D eigenvalue weighted by Crippen LogP contribution is 2.14. The molecule has 0 radical (unpaired) electrons. The first-order chi connectivity index (χ1) is 11.1. The van der Waals surface area contributed by atoms with E-state index in [1.54, 1.807) is 25.1 Å². The number of fused-ring (bicyclic) bond motifs is 1. The van der Waals surface area contributed by atoms with E-state index in [4.69, 9.17) is 4.42 Å². The van der Waals surface area contributed by atoms with Gasteiger partial charge in [-0.25, -0.2) is 0 Å². The molecule has 1 unspecified atom stereocenters. The Bertz CT molecular complexity index is 823. The number of para-hydroxylation sites is 1. The Morgan fingerprint density at radius 2 is 2.09 bits per heavy atom. The molecule has 0 aliphatic heterocycles. The standard InChI is InChI=1S/C16H16N4O3/c1-10(15(21)17-9-11-5-4-8-23-11)18-16(22)14-12-6-2-3-7-13(12)19-20-14/h2-8,10H,9H2,1H3,(H,17,21)(H,18,22)(H,19,20). The maximum Gasteiger partial charge on any atom is 0.273 e. The van der Waals surface area contributed by atoms with Gasteiger partial charge in [-0.3, -0.25) is 14.7 Å². The number of aromatic amines is 1. The van der Waals surface area contributed by atoms with E-state index in [1.807, 2.05) is 18.2 Å². The Morgan fingerprint density at radius 3 is 2.87 bits per heavy atom. The summed E-state index contributed by atoms with van der Waals surface area (Å²) in [5, 5.41) is 12.9. The summed E-state index contributed by atoms with van der Waals surface area (Å²) in [6.07, 6.45) is 1.54. The fourth-order valence-electron chi connectivity index (χ4n) is 2.21. The van der Waals surface area contributed by atoms with Gasteiger partial charge in [-0.1, -0.05) is 18.2 Å². The number of carbonyl (C=O) groups excluding carboxylic acids is 2. The molecule has 2 amide bonds. The van der Waals surface area contributed by atoms with E-state index in [0.717, 1.165) is 5.52 Å². The van der Waals surface area contributed by atoms with Crippen molar-refractivity contribution < 1.29 is 14.0 Å². The van der Waals surface area contributed by atoms with Crippen LogP contribution in [0.2, 0.25) is 0 Å². The lowest BCUT2D eigenvalue weighted by atomic mass is 10.2. The summed E-state index contributed by atoms with van der Waals surface area (Å²) in [5.74, 6) is -0.0483. The van der Waals surface area contributed by atoms with Crippen molar-refractivity contribution in [1.29, 1.82) is 0 Å². The summed E-state index contributed by atoms with van der Waals surface area (Å²) >= 11 is 0. The van der Waals surface area contributed by atoms with Gasteiger partial charge in [0.1, 0.15) is 11.8 Å². The second-order valence-electron chi connectivity index (χ2n) is 5.11. The first-order valence-corrected chi connectivity index (χ1v) is 7.19. The number of furan rings is 1. The zero-order valence-electron chi connectivity index (χ0n) is 12.5. The first-order valence-electron chi connectivity index (χ1n) is 7.19. The third-order valence-corrected chi connectivity index (χ3v) is 3.44. The number of benzene rings is 1. The number of carbonyl (C=O) groups is 2. The molecule has 23 heavy (non-hydrogen) atoms. The number of hydrogen-bond acceptors (Lipinski definition) is 4. The van der Waals surface area contributed by atoms with E-state index >= 15 is 0 Å². The van der Waals surface area contributed by atoms with Gasteiger partial charge in [0.05, 0.1) is 18.3 Å². The maximum atomic E-state index is 12.3. The Labute approximate surface area is 132 Å². The van der Waals surface area contributed by atoms with Crippen molar-refractivity contribution in [3.05, 3.63) is 54.1 Å². The number of rotatable bonds is 5. The largest absolute Gasteiger partial charge is 0.467 e. The summed E-state index contributed by atoms with van der Waals surface area (Å²) in [7, 11) is 0. The topological polar surface area (TPSA) is 100 Å². The summed E-state index contributed by atoms with van der Waals surface area (Å²) in [5.41, 5.74) is 1.04. The highest BCUT2D eigenvalue weighted by atomic mass is 16.3. The predicted octanol–water partition coefficient (Wildman–Crippen LogP) is 1.59. The van der Waals surface area contributed by atoms with Crippen LogP contribution in [0.1, 0.15) is 23.2 Å². The molecule has 0 aliphatic rings. The van der Waals surface area contributed by atoms with Crippen LogP contribution in [0, 0.1) is 0 Å². The Balaban J connectivity index is 1.61. The minimum absolute atomic E-state index is 0.270. The molecule has 2 aromatic heterocycles. The van der Waals surface area contributed by atoms with Crippen molar-refractivity contribution >= 4 is 22.7 Å². The minimum atomic E-state index is -0.687. The van der Waals surface area contributed by atoms with E-state index in [1.165, 1.54) is 6.26 Å². The lowest BCUT2D eigenvalue weighted by molar-refractivity contribution is -0.122. The minimum Gasteiger partial charge on any atom is -0.467 e. The van der Waals surface area contributed by atoms with Crippen LogP contribution >= 0.6 is 0 Å². The molecule has 1 atom stereocenters. The number of nitrogens with one attached hydrogen (secondary N) is 3. The van der Waals surface area contributed by atoms with Gasteiger partial charge in [0.25, 0.3) is 5.91 Å². The van der Waals surface area contributed by atoms with E-state index in [9.17, 15) is 9.59 Å². The summed E-state index contributed by atoms with van der Waals surface area (Å²) in [6, 6.07) is 10.1. The monoisotopic (exact) mass is 312 g/mol. The van der Waals surface area contributed by atoms with Crippen LogP contribution in [-0.4, -0.2) is 28.1 Å². The van der Waals surface area contributed by atoms with Crippen molar-refractivity contribution in [2.45, 2.75) is 19.5 Å². The average molecular weight is 312 g/mol. The van der Waals surface area contributed by atoms with E-state index in [-0.39, 0.29) is 18.1 Å². The highest BCUT2D eigenvalue weighted by molar-refractivity contribution is 6.05. The second kappa shape index (κ2) is 6.35. The molecule has 7 nitrogen and oxygen atoms in total. The summed E-state index contributed by atoms with van der Waals surface area (Å²) in [6.45, 7) is 1.89. The van der Waals surface area contributed by atoms with Crippen LogP contribution in [-0.2, 0) is 11.3 Å². The molecule has 0 spiro atoms. The third-order valence-electron chi connectivity index (χ3n) is 3.44. The molecule has 3 N–H and O–H groups in total. The second-order valence-corrected chi connectivity index (χ2v) is 5.11. The van der Waals surface area contributed by atoms with Gasteiger partial charge in [-0.15, -0.1) is 0 Å². The van der Waals surface area contributed by atoms with Gasteiger partial charge in [0, 0.05) is 5.39 Å². The van der Waals surface area contributed by atoms with Gasteiger partial charge in [-0.2, -0.15) is 5.10 Å². The van der Waals surface area contributed by atoms with Crippen LogP contribution in [0.15, 0.2) is 47.1 Å². The fraction of sp³-hybridized carbons (Fsp3) is 0.188. The quantitative estimate of drug-likeness (QED) is 0.666. The number of nitrogens with zero attached hydrogens (tertiary/aromatic N) is 1. The van der Waals surface area contributed by atoms with Crippen molar-refractivity contribution in [2.75, 3.05) is 0 Å². The first kappa shape index (κ1) is 14.8. The molecule has 0 aliphatic carbocycles. The van der Waals surface area contributed by atoms with Crippen molar-refractivity contribution in [2.24, 2.45) is 0 Å². The van der Waals surface area contributed by atoms with Crippen LogP contribution < -0.4 is 10.6 Å². The van der Waals surface area contributed by atoms with Crippen molar-refractivity contribution in [3.8, 4) is 0 Å². The molecule has 1 aromatic carbocycles. The molecule has 118 valence electrons. The summed E-state index contributed by atoms with van der Waals surface area (Å²) in [4.78, 5) is 24.3. The number of amides is 2. The molecular formula is C16H16N4O3. The lowest BCUT2D eigenvalue weighted by Crippen LogP contribution is -2.44. The molecule has 2 heterocycles. The average Bonchev–Trinajstić information content (AvgIpc) is 3.21. The molecule has 3 aromatic rings. The Morgan fingerprint density at radius 1 is 1.26 bits per heavy atom. The smallest absolute Gasteiger partial charge is 0.273 e. The number of hydrogen-bond donors (Lipinski definition) is 3. The Hall–Kier alpha value is -3.09. The molecule has 0 fully saturated rings. The number of H-pyrrole nitrogens is 1. The molecule has 0 saturated heterocycles. The molecule has 0 saturated carbocycles. The van der Waals surface area contributed by atoms with E-state index < -0.39 is 11.9 Å². The van der Waals surface area contributed by atoms with E-state index in [2.05, 4.69) is 20.8 Å². The Kier molecular flexibility index (Phi) is 4.09. The van der Waals surface area contributed by atoms with Crippen molar-refractivity contribution in [3.63, 3.8) is 0 Å². The predicted molar refractivity (Wildman–Crippen MR) is 83.6 cm³/mol. The zero-order chi connectivity index (χ0) is 16.2. The highest BCUT2D eigenvalue weighted by Gasteiger charge is 2.19. The van der Waals surface area contributed by atoms with Crippen molar-refractivity contribution in [1.82, 2.24) is 20.8 Å². The van der Waals surface area contributed by atoms with Gasteiger partial charge in [0.2, 0.25) is 5.91 Å². The van der Waals surface area contributed by atoms with Crippen LogP contribution in [0.3, 0.4) is 0 Å². The van der Waals surface area contributed by atoms with Crippen LogP contribution in [0.25, 0.3) is 10.9 Å². The number of aromatic nitrogens is 2. The molecular weight excluding hydrogens is 296 g/mol. The van der Waals surface area contributed by atoms with E-state index in [0.29, 0.717) is 11.1 Å². The molecule has 7 heteroatoms. The fourth-order valence-corrected chi connectivity index (χ4v) is 2.21. The van der Waals surface area contributed by atoms with Gasteiger partial charge in [-0.05, 0) is 25.1 Å². The normalized spacial score (nSPS) is 12.0. The lowest BCUT2D eigenvalue weighted by Gasteiger charge is -2.12. The van der Waals surface area contributed by atoms with Gasteiger partial charge < -0.3 is 15.1 Å². The summed E-state index contributed by atoms with van der Waals surface area (Å²) < 4.78 is 5.14. The maximum absolute atomic E-state index is 12.3. The third kappa shape index (κ3) is 3.23. The van der Waals surface area contributed by atoms with Crippen LogP contribution in [0.5, 0.6) is 0 Å². The van der Waals surface area contributed by atoms with Gasteiger partial charge >= 0.3 is 0 Å². The molecule has 3 rings (SSSR count). The molecule has 0 bridgehead atoms. The van der Waals surface area contributed by atoms with Crippen LogP contribution in [0.4, 0.5) is 0 Å².